The lowest BCUT2D eigenvalue weighted by Crippen LogP contribution is -2.12. The smallest absolute Gasteiger partial charge is 0.322 e. The van der Waals surface area contributed by atoms with Crippen LogP contribution in [0.1, 0.15) is 32.0 Å². The van der Waals surface area contributed by atoms with Gasteiger partial charge in [0.2, 0.25) is 0 Å². The topological polar surface area (TPSA) is 64.0 Å². The first-order chi connectivity index (χ1) is 18.7. The van der Waals surface area contributed by atoms with Gasteiger partial charge in [-0.15, -0.1) is 0 Å². The SMILES string of the molecule is O=C(Nc1cccc(C(=O)c2ccccc2)c1)c1ccc(-c2cc(C(F)(F)F)nn2-c2ccccc2Cl)cc1. The van der Waals surface area contributed by atoms with E-state index in [9.17, 15) is 22.8 Å². The lowest BCUT2D eigenvalue weighted by Gasteiger charge is -2.10. The highest BCUT2D eigenvalue weighted by atomic mass is 35.5. The molecule has 39 heavy (non-hydrogen) atoms. The van der Waals surface area contributed by atoms with Crippen LogP contribution < -0.4 is 5.32 Å². The van der Waals surface area contributed by atoms with E-state index in [-0.39, 0.29) is 27.8 Å². The lowest BCUT2D eigenvalue weighted by atomic mass is 10.0. The maximum atomic E-state index is 13.5. The van der Waals surface area contributed by atoms with Crippen LogP contribution in [-0.4, -0.2) is 21.5 Å². The van der Waals surface area contributed by atoms with Crippen molar-refractivity contribution >= 4 is 29.0 Å². The Kier molecular flexibility index (Phi) is 7.04. The molecule has 5 nitrogen and oxygen atoms in total. The summed E-state index contributed by atoms with van der Waals surface area (Å²) in [5, 5.41) is 6.74. The van der Waals surface area contributed by atoms with Crippen molar-refractivity contribution in [2.45, 2.75) is 6.18 Å². The van der Waals surface area contributed by atoms with E-state index in [2.05, 4.69) is 10.4 Å². The van der Waals surface area contributed by atoms with E-state index < -0.39 is 17.8 Å². The maximum absolute atomic E-state index is 13.5. The number of halogens is 4. The number of aromatic nitrogens is 2. The number of hydrogen-bond acceptors (Lipinski definition) is 3. The monoisotopic (exact) mass is 545 g/mol. The van der Waals surface area contributed by atoms with Crippen molar-refractivity contribution in [3.8, 4) is 16.9 Å². The Labute approximate surface area is 226 Å². The second kappa shape index (κ2) is 10.6. The average Bonchev–Trinajstić information content (AvgIpc) is 3.40. The molecule has 1 heterocycles. The van der Waals surface area contributed by atoms with Crippen LogP contribution in [0.15, 0.2) is 109 Å². The van der Waals surface area contributed by atoms with Crippen molar-refractivity contribution in [3.05, 3.63) is 137 Å². The predicted molar refractivity (Wildman–Crippen MR) is 143 cm³/mol. The summed E-state index contributed by atoms with van der Waals surface area (Å²) >= 11 is 6.23. The first kappa shape index (κ1) is 25.9. The molecule has 194 valence electrons. The zero-order valence-electron chi connectivity index (χ0n) is 20.1. The van der Waals surface area contributed by atoms with Crippen LogP contribution in [0.25, 0.3) is 16.9 Å². The van der Waals surface area contributed by atoms with Crippen molar-refractivity contribution in [1.29, 1.82) is 0 Å². The number of carbonyl (C=O) groups excluding carboxylic acids is 2. The van der Waals surface area contributed by atoms with E-state index in [0.717, 1.165) is 10.7 Å². The third-order valence-electron chi connectivity index (χ3n) is 5.94. The molecular weight excluding hydrogens is 527 g/mol. The first-order valence-electron chi connectivity index (χ1n) is 11.7. The quantitative estimate of drug-likeness (QED) is 0.222. The molecule has 0 saturated carbocycles. The largest absolute Gasteiger partial charge is 0.435 e. The van der Waals surface area contributed by atoms with E-state index in [0.29, 0.717) is 22.4 Å². The van der Waals surface area contributed by atoms with E-state index in [1.165, 1.54) is 24.3 Å². The van der Waals surface area contributed by atoms with Crippen LogP contribution in [0, 0.1) is 0 Å². The van der Waals surface area contributed by atoms with Gasteiger partial charge in [0.05, 0.1) is 16.4 Å². The number of alkyl halides is 3. The van der Waals surface area contributed by atoms with Gasteiger partial charge in [0.25, 0.3) is 5.91 Å². The van der Waals surface area contributed by atoms with Gasteiger partial charge in [-0.25, -0.2) is 4.68 Å². The molecule has 0 fully saturated rings. The molecular formula is C30H19ClF3N3O2. The lowest BCUT2D eigenvalue weighted by molar-refractivity contribution is -0.141. The fourth-order valence-electron chi connectivity index (χ4n) is 4.02. The van der Waals surface area contributed by atoms with E-state index in [4.69, 9.17) is 11.6 Å². The van der Waals surface area contributed by atoms with Gasteiger partial charge in [-0.3, -0.25) is 9.59 Å². The number of nitrogens with zero attached hydrogens (tertiary/aromatic N) is 2. The minimum Gasteiger partial charge on any atom is -0.322 e. The standard InChI is InChI=1S/C30H19ClF3N3O2/c31-24-11-4-5-12-25(24)37-26(18-27(36-37)30(32,33)34)19-13-15-21(16-14-19)29(39)35-23-10-6-9-22(17-23)28(38)20-7-2-1-3-8-20/h1-18H,(H,35,39). The number of hydrogen-bond donors (Lipinski definition) is 1. The molecule has 0 bridgehead atoms. The van der Waals surface area contributed by atoms with Gasteiger partial charge < -0.3 is 5.32 Å². The number of anilines is 1. The number of carbonyl (C=O) groups is 2. The second-order valence-corrected chi connectivity index (χ2v) is 8.99. The van der Waals surface area contributed by atoms with Crippen molar-refractivity contribution in [3.63, 3.8) is 0 Å². The zero-order valence-corrected chi connectivity index (χ0v) is 20.9. The van der Waals surface area contributed by atoms with Crippen molar-refractivity contribution in [2.75, 3.05) is 5.32 Å². The zero-order chi connectivity index (χ0) is 27.6. The molecule has 0 unspecified atom stereocenters. The molecule has 1 amide bonds. The molecule has 0 radical (unpaired) electrons. The van der Waals surface area contributed by atoms with Gasteiger partial charge in [0.1, 0.15) is 0 Å². The number of rotatable bonds is 6. The minimum atomic E-state index is -4.66. The molecule has 0 spiro atoms. The number of ketones is 1. The number of amides is 1. The molecule has 9 heteroatoms. The molecule has 0 aliphatic heterocycles. The Morgan fingerprint density at radius 3 is 2.10 bits per heavy atom. The van der Waals surface area contributed by atoms with Gasteiger partial charge in [0, 0.05) is 27.9 Å². The van der Waals surface area contributed by atoms with Crippen LogP contribution in [-0.2, 0) is 6.18 Å². The van der Waals surface area contributed by atoms with Crippen LogP contribution in [0.5, 0.6) is 0 Å². The summed E-state index contributed by atoms with van der Waals surface area (Å²) in [5.74, 6) is -0.620. The number of para-hydroxylation sites is 1. The minimum absolute atomic E-state index is 0.162. The summed E-state index contributed by atoms with van der Waals surface area (Å²) in [6, 6.07) is 28.8. The Balaban J connectivity index is 1.40. The molecule has 0 aliphatic carbocycles. The first-order valence-corrected chi connectivity index (χ1v) is 12.1. The summed E-state index contributed by atoms with van der Waals surface area (Å²) in [5.41, 5.74) is 1.44. The third kappa shape index (κ3) is 5.61. The third-order valence-corrected chi connectivity index (χ3v) is 6.26. The van der Waals surface area contributed by atoms with E-state index in [1.54, 1.807) is 72.8 Å². The van der Waals surface area contributed by atoms with E-state index in [1.807, 2.05) is 6.07 Å². The highest BCUT2D eigenvalue weighted by molar-refractivity contribution is 6.32. The molecule has 1 N–H and O–H groups in total. The number of benzene rings is 4. The average molecular weight is 546 g/mol. The Hall–Kier alpha value is -4.69. The van der Waals surface area contributed by atoms with Crippen LogP contribution in [0.2, 0.25) is 5.02 Å². The van der Waals surface area contributed by atoms with E-state index >= 15 is 0 Å². The van der Waals surface area contributed by atoms with Crippen molar-refractivity contribution in [2.24, 2.45) is 0 Å². The Morgan fingerprint density at radius 2 is 1.41 bits per heavy atom. The molecule has 5 aromatic rings. The summed E-state index contributed by atoms with van der Waals surface area (Å²) in [7, 11) is 0. The fraction of sp³-hybridized carbons (Fsp3) is 0.0333. The molecule has 1 aromatic heterocycles. The molecule has 0 atom stereocenters. The fourth-order valence-corrected chi connectivity index (χ4v) is 4.24. The second-order valence-electron chi connectivity index (χ2n) is 8.58. The Bertz CT molecular complexity index is 1660. The van der Waals surface area contributed by atoms with Crippen molar-refractivity contribution in [1.82, 2.24) is 9.78 Å². The van der Waals surface area contributed by atoms with Gasteiger partial charge in [0.15, 0.2) is 11.5 Å². The van der Waals surface area contributed by atoms with Gasteiger partial charge in [-0.2, -0.15) is 18.3 Å². The summed E-state index contributed by atoms with van der Waals surface area (Å²) < 4.78 is 41.6. The highest BCUT2D eigenvalue weighted by Crippen LogP contribution is 2.34. The molecule has 4 aromatic carbocycles. The molecule has 0 aliphatic rings. The van der Waals surface area contributed by atoms with Gasteiger partial charge >= 0.3 is 6.18 Å². The summed E-state index contributed by atoms with van der Waals surface area (Å²) in [4.78, 5) is 25.6. The normalized spacial score (nSPS) is 11.3. The number of nitrogens with one attached hydrogen (secondary N) is 1. The summed E-state index contributed by atoms with van der Waals surface area (Å²) in [6.45, 7) is 0. The predicted octanol–water partition coefficient (Wildman–Crippen LogP) is 7.69. The van der Waals surface area contributed by atoms with Crippen molar-refractivity contribution < 1.29 is 22.8 Å². The van der Waals surface area contributed by atoms with Crippen LogP contribution >= 0.6 is 11.6 Å². The highest BCUT2D eigenvalue weighted by Gasteiger charge is 2.35. The van der Waals surface area contributed by atoms with Gasteiger partial charge in [-0.1, -0.05) is 78.3 Å². The van der Waals surface area contributed by atoms with Crippen LogP contribution in [0.4, 0.5) is 18.9 Å². The molecule has 5 rings (SSSR count). The Morgan fingerprint density at radius 1 is 0.744 bits per heavy atom. The van der Waals surface area contributed by atoms with Gasteiger partial charge in [-0.05, 0) is 42.5 Å². The molecule has 0 saturated heterocycles. The maximum Gasteiger partial charge on any atom is 0.435 e. The summed E-state index contributed by atoms with van der Waals surface area (Å²) in [6.07, 6.45) is -4.66. The van der Waals surface area contributed by atoms with Crippen LogP contribution in [0.3, 0.4) is 0 Å².